The van der Waals surface area contributed by atoms with Crippen molar-refractivity contribution in [2.45, 2.75) is 6.61 Å². The van der Waals surface area contributed by atoms with Crippen LogP contribution in [0.4, 0.5) is 4.39 Å². The second kappa shape index (κ2) is 6.91. The fourth-order valence-corrected chi connectivity index (χ4v) is 2.43. The zero-order chi connectivity index (χ0) is 15.4. The van der Waals surface area contributed by atoms with Crippen LogP contribution in [0, 0.1) is 5.82 Å². The van der Waals surface area contributed by atoms with Crippen molar-refractivity contribution >= 4 is 33.8 Å². The molecule has 0 fully saturated rings. The second-order valence-corrected chi connectivity index (χ2v) is 5.50. The maximum absolute atomic E-state index is 13.7. The Hall–Kier alpha value is -1.59. The van der Waals surface area contributed by atoms with Crippen LogP contribution in [0.5, 0.6) is 11.5 Å². The first kappa shape index (κ1) is 15.8. The van der Waals surface area contributed by atoms with Gasteiger partial charge >= 0.3 is 0 Å². The number of benzene rings is 2. The molecular formula is C15H11BrClFO3. The van der Waals surface area contributed by atoms with Gasteiger partial charge in [-0.15, -0.1) is 0 Å². The fraction of sp³-hybridized carbons (Fsp3) is 0.133. The molecular weight excluding hydrogens is 363 g/mol. The largest absolute Gasteiger partial charge is 0.493 e. The van der Waals surface area contributed by atoms with Crippen molar-refractivity contribution in [2.75, 3.05) is 7.11 Å². The highest BCUT2D eigenvalue weighted by Gasteiger charge is 2.13. The number of hydrogen-bond acceptors (Lipinski definition) is 3. The minimum absolute atomic E-state index is 0.0121. The summed E-state index contributed by atoms with van der Waals surface area (Å²) in [4.78, 5) is 10.8. The molecule has 6 heteroatoms. The van der Waals surface area contributed by atoms with Crippen LogP contribution in [0.15, 0.2) is 34.8 Å². The van der Waals surface area contributed by atoms with Crippen molar-refractivity contribution in [1.82, 2.24) is 0 Å². The summed E-state index contributed by atoms with van der Waals surface area (Å²) in [6, 6.07) is 7.53. The standard InChI is InChI=1S/C15H11BrClFO3/c1-20-14-5-9(7-19)4-12(17)15(14)21-8-10-6-11(16)2-3-13(10)18/h2-7H,8H2,1H3. The Labute approximate surface area is 134 Å². The van der Waals surface area contributed by atoms with E-state index in [1.54, 1.807) is 12.1 Å². The van der Waals surface area contributed by atoms with E-state index in [0.29, 0.717) is 23.2 Å². The van der Waals surface area contributed by atoms with Gasteiger partial charge in [0.1, 0.15) is 18.7 Å². The molecule has 0 radical (unpaired) electrons. The van der Waals surface area contributed by atoms with Crippen molar-refractivity contribution < 1.29 is 18.7 Å². The lowest BCUT2D eigenvalue weighted by Gasteiger charge is -2.13. The quantitative estimate of drug-likeness (QED) is 0.716. The number of methoxy groups -OCH3 is 1. The molecule has 2 aromatic rings. The Morgan fingerprint density at radius 1 is 1.33 bits per heavy atom. The lowest BCUT2D eigenvalue weighted by atomic mass is 10.2. The van der Waals surface area contributed by atoms with Crippen LogP contribution >= 0.6 is 27.5 Å². The summed E-state index contributed by atoms with van der Waals surface area (Å²) in [5, 5.41) is 0.229. The molecule has 0 saturated heterocycles. The van der Waals surface area contributed by atoms with Gasteiger partial charge in [-0.3, -0.25) is 4.79 Å². The SMILES string of the molecule is COc1cc(C=O)cc(Cl)c1OCc1cc(Br)ccc1F. The van der Waals surface area contributed by atoms with Crippen molar-refractivity contribution in [3.05, 3.63) is 56.8 Å². The molecule has 0 aliphatic heterocycles. The molecule has 0 heterocycles. The number of hydrogen-bond donors (Lipinski definition) is 0. The molecule has 2 rings (SSSR count). The molecule has 0 spiro atoms. The minimum atomic E-state index is -0.377. The molecule has 0 N–H and O–H groups in total. The predicted molar refractivity (Wildman–Crippen MR) is 81.8 cm³/mol. The third kappa shape index (κ3) is 3.74. The van der Waals surface area contributed by atoms with Crippen LogP contribution < -0.4 is 9.47 Å². The first-order valence-corrected chi connectivity index (χ1v) is 7.11. The van der Waals surface area contributed by atoms with Gasteiger partial charge in [-0.25, -0.2) is 4.39 Å². The Morgan fingerprint density at radius 2 is 2.10 bits per heavy atom. The monoisotopic (exact) mass is 372 g/mol. The summed E-state index contributed by atoms with van der Waals surface area (Å²) in [6.07, 6.45) is 0.659. The average molecular weight is 374 g/mol. The highest BCUT2D eigenvalue weighted by Crippen LogP contribution is 2.36. The molecule has 110 valence electrons. The van der Waals surface area contributed by atoms with Gasteiger partial charge in [0, 0.05) is 15.6 Å². The highest BCUT2D eigenvalue weighted by atomic mass is 79.9. The summed E-state index contributed by atoms with van der Waals surface area (Å²) < 4.78 is 25.1. The predicted octanol–water partition coefficient (Wildman–Crippen LogP) is 4.64. The van der Waals surface area contributed by atoms with Crippen molar-refractivity contribution in [3.63, 3.8) is 0 Å². The molecule has 0 amide bonds. The fourth-order valence-electron chi connectivity index (χ4n) is 1.75. The summed E-state index contributed by atoms with van der Waals surface area (Å²) in [5.41, 5.74) is 0.750. The van der Waals surface area contributed by atoms with Gasteiger partial charge in [-0.05, 0) is 30.3 Å². The third-order valence-electron chi connectivity index (χ3n) is 2.77. The average Bonchev–Trinajstić information content (AvgIpc) is 2.48. The number of ether oxygens (including phenoxy) is 2. The third-order valence-corrected chi connectivity index (χ3v) is 3.54. The van der Waals surface area contributed by atoms with Crippen LogP contribution in [0.3, 0.4) is 0 Å². The van der Waals surface area contributed by atoms with Gasteiger partial charge in [0.2, 0.25) is 0 Å². The molecule has 0 unspecified atom stereocenters. The van der Waals surface area contributed by atoms with Gasteiger partial charge in [-0.2, -0.15) is 0 Å². The van der Waals surface area contributed by atoms with Crippen LogP contribution in [-0.4, -0.2) is 13.4 Å². The van der Waals surface area contributed by atoms with Gasteiger partial charge in [0.15, 0.2) is 11.5 Å². The Bertz CT molecular complexity index is 676. The Balaban J connectivity index is 2.27. The van der Waals surface area contributed by atoms with Crippen molar-refractivity contribution in [2.24, 2.45) is 0 Å². The summed E-state index contributed by atoms with van der Waals surface area (Å²) >= 11 is 9.33. The summed E-state index contributed by atoms with van der Waals surface area (Å²) in [5.74, 6) is 0.210. The summed E-state index contributed by atoms with van der Waals surface area (Å²) in [7, 11) is 1.44. The van der Waals surface area contributed by atoms with Gasteiger partial charge < -0.3 is 9.47 Å². The van der Waals surface area contributed by atoms with Crippen LogP contribution in [0.1, 0.15) is 15.9 Å². The zero-order valence-corrected chi connectivity index (χ0v) is 13.4. The molecule has 2 aromatic carbocycles. The second-order valence-electron chi connectivity index (χ2n) is 4.18. The molecule has 3 nitrogen and oxygen atoms in total. The number of carbonyl (C=O) groups is 1. The van der Waals surface area contributed by atoms with E-state index in [0.717, 1.165) is 4.47 Å². The van der Waals surface area contributed by atoms with Gasteiger partial charge in [0.25, 0.3) is 0 Å². The topological polar surface area (TPSA) is 35.5 Å². The molecule has 0 aliphatic rings. The first-order chi connectivity index (χ1) is 10.0. The molecule has 0 aromatic heterocycles. The molecule has 0 bridgehead atoms. The van der Waals surface area contributed by atoms with E-state index in [4.69, 9.17) is 21.1 Å². The van der Waals surface area contributed by atoms with E-state index in [-0.39, 0.29) is 23.2 Å². The van der Waals surface area contributed by atoms with Crippen molar-refractivity contribution in [1.29, 1.82) is 0 Å². The first-order valence-electron chi connectivity index (χ1n) is 5.94. The van der Waals surface area contributed by atoms with E-state index in [9.17, 15) is 9.18 Å². The number of aldehydes is 1. The molecule has 0 atom stereocenters. The maximum Gasteiger partial charge on any atom is 0.180 e. The van der Waals surface area contributed by atoms with Crippen LogP contribution in [-0.2, 0) is 6.61 Å². The normalized spacial score (nSPS) is 10.3. The zero-order valence-electron chi connectivity index (χ0n) is 11.0. The maximum atomic E-state index is 13.7. The van der Waals surface area contributed by atoms with Gasteiger partial charge in [-0.1, -0.05) is 27.5 Å². The number of rotatable bonds is 5. The van der Waals surface area contributed by atoms with E-state index in [1.165, 1.54) is 25.3 Å². The Kier molecular flexibility index (Phi) is 5.20. The van der Waals surface area contributed by atoms with E-state index >= 15 is 0 Å². The van der Waals surface area contributed by atoms with Crippen LogP contribution in [0.25, 0.3) is 0 Å². The van der Waals surface area contributed by atoms with E-state index < -0.39 is 0 Å². The lowest BCUT2D eigenvalue weighted by Crippen LogP contribution is -2.01. The summed E-state index contributed by atoms with van der Waals surface area (Å²) in [6.45, 7) is -0.0121. The molecule has 21 heavy (non-hydrogen) atoms. The smallest absolute Gasteiger partial charge is 0.180 e. The van der Waals surface area contributed by atoms with Crippen molar-refractivity contribution in [3.8, 4) is 11.5 Å². The minimum Gasteiger partial charge on any atom is -0.493 e. The lowest BCUT2D eigenvalue weighted by molar-refractivity contribution is 0.112. The van der Waals surface area contributed by atoms with E-state index in [2.05, 4.69) is 15.9 Å². The van der Waals surface area contributed by atoms with Gasteiger partial charge in [0.05, 0.1) is 12.1 Å². The van der Waals surface area contributed by atoms with E-state index in [1.807, 2.05) is 0 Å². The molecule has 0 aliphatic carbocycles. The highest BCUT2D eigenvalue weighted by molar-refractivity contribution is 9.10. The van der Waals surface area contributed by atoms with Crippen LogP contribution in [0.2, 0.25) is 5.02 Å². The Morgan fingerprint density at radius 3 is 2.76 bits per heavy atom. The molecule has 0 saturated carbocycles. The number of carbonyl (C=O) groups excluding carboxylic acids is 1. The number of halogens is 3.